The lowest BCUT2D eigenvalue weighted by molar-refractivity contribution is -0.684. The molecule has 2 aliphatic rings. The van der Waals surface area contributed by atoms with Crippen LogP contribution in [0, 0.1) is 0 Å². The topological polar surface area (TPSA) is 112 Å². The molecule has 4 amide bonds. The van der Waals surface area contributed by atoms with Crippen molar-refractivity contribution in [2.45, 2.75) is 78.3 Å². The van der Waals surface area contributed by atoms with Gasteiger partial charge in [-0.25, -0.2) is 9.13 Å². The van der Waals surface area contributed by atoms with Crippen molar-refractivity contribution in [3.63, 3.8) is 0 Å². The van der Waals surface area contributed by atoms with Crippen molar-refractivity contribution in [1.29, 1.82) is 0 Å². The average molecular weight is 703 g/mol. The second kappa shape index (κ2) is 17.2. The minimum absolute atomic E-state index is 0.269. The van der Waals surface area contributed by atoms with Crippen molar-refractivity contribution in [2.75, 3.05) is 31.1 Å². The summed E-state index contributed by atoms with van der Waals surface area (Å²) in [4.78, 5) is 56.8. The molecule has 2 aliphatic heterocycles. The van der Waals surface area contributed by atoms with Crippen molar-refractivity contribution in [3.8, 4) is 0 Å². The summed E-state index contributed by atoms with van der Waals surface area (Å²) < 4.78 is 3.92. The molecular weight excluding hydrogens is 654 g/mol. The highest BCUT2D eigenvalue weighted by Gasteiger charge is 2.36. The van der Waals surface area contributed by atoms with E-state index in [2.05, 4.69) is 36.0 Å². The Morgan fingerprint density at radius 1 is 0.577 bits per heavy atom. The maximum atomic E-state index is 12.9. The number of azo groups is 1. The largest absolute Gasteiger partial charge is 0.421 e. The maximum Gasteiger partial charge on any atom is 0.421 e. The molecule has 0 saturated carbocycles. The normalized spacial score (nSPS) is 13.9. The third-order valence-corrected chi connectivity index (χ3v) is 9.79. The quantitative estimate of drug-likeness (QED) is 0.0430. The fourth-order valence-corrected chi connectivity index (χ4v) is 6.91. The van der Waals surface area contributed by atoms with E-state index in [1.165, 1.54) is 54.0 Å². The van der Waals surface area contributed by atoms with E-state index in [0.717, 1.165) is 18.8 Å². The molecule has 0 saturated heterocycles. The van der Waals surface area contributed by atoms with E-state index in [-0.39, 0.29) is 36.7 Å². The number of fused-ring (bicyclic) bond motifs is 2. The number of nitrogens with zero attached hydrogens (tertiary/aromatic N) is 7. The van der Waals surface area contributed by atoms with Crippen molar-refractivity contribution >= 4 is 41.0 Å². The molecule has 3 aromatic carbocycles. The molecule has 1 aromatic heterocycles. The number of aryl methyl sites for hydroxylation is 2. The Kier molecular flexibility index (Phi) is 12.0. The number of hydrogen-bond donors (Lipinski definition) is 0. The number of carbonyl (C=O) groups is 4. The Morgan fingerprint density at radius 2 is 1.08 bits per heavy atom. The predicted octanol–water partition coefficient (Wildman–Crippen LogP) is 7.75. The van der Waals surface area contributed by atoms with Gasteiger partial charge in [0.2, 0.25) is 0 Å². The molecule has 11 nitrogen and oxygen atoms in total. The van der Waals surface area contributed by atoms with E-state index >= 15 is 0 Å². The summed E-state index contributed by atoms with van der Waals surface area (Å²) in [5.41, 5.74) is 3.67. The van der Waals surface area contributed by atoms with Gasteiger partial charge in [-0.2, -0.15) is 0 Å². The van der Waals surface area contributed by atoms with Crippen LogP contribution in [-0.2, 0) is 13.1 Å². The number of imide groups is 2. The number of benzene rings is 3. The molecule has 0 fully saturated rings. The summed E-state index contributed by atoms with van der Waals surface area (Å²) >= 11 is 0. The molecule has 270 valence electrons. The van der Waals surface area contributed by atoms with Gasteiger partial charge in [0.15, 0.2) is 0 Å². The minimum Gasteiger partial charge on any atom is -0.372 e. The van der Waals surface area contributed by atoms with Crippen LogP contribution in [0.3, 0.4) is 0 Å². The van der Waals surface area contributed by atoms with E-state index < -0.39 is 0 Å². The van der Waals surface area contributed by atoms with Gasteiger partial charge in [-0.3, -0.25) is 29.0 Å². The summed E-state index contributed by atoms with van der Waals surface area (Å²) in [5.74, 6) is -0.486. The van der Waals surface area contributed by atoms with Gasteiger partial charge in [0, 0.05) is 37.0 Å². The first-order chi connectivity index (χ1) is 25.4. The summed E-state index contributed by atoms with van der Waals surface area (Å²) in [6.07, 6.45) is 12.0. The number of unbranched alkanes of at least 4 members (excludes halogenated alkanes) is 4. The average Bonchev–Trinajstić information content (AvgIpc) is 3.76. The first kappa shape index (κ1) is 36.3. The van der Waals surface area contributed by atoms with Gasteiger partial charge in [-0.05, 0) is 74.2 Å². The van der Waals surface area contributed by atoms with Crippen LogP contribution >= 0.6 is 0 Å². The summed E-state index contributed by atoms with van der Waals surface area (Å²) in [6.45, 7) is 8.06. The molecule has 52 heavy (non-hydrogen) atoms. The van der Waals surface area contributed by atoms with E-state index in [1.807, 2.05) is 33.7 Å². The zero-order valence-corrected chi connectivity index (χ0v) is 30.2. The number of imidazole rings is 1. The molecule has 0 bridgehead atoms. The van der Waals surface area contributed by atoms with Crippen LogP contribution in [0.4, 0.5) is 17.3 Å². The Morgan fingerprint density at radius 3 is 1.58 bits per heavy atom. The van der Waals surface area contributed by atoms with Crippen LogP contribution in [-0.4, -0.2) is 64.2 Å². The second-order valence-corrected chi connectivity index (χ2v) is 13.4. The molecule has 0 spiro atoms. The highest BCUT2D eigenvalue weighted by Crippen LogP contribution is 2.26. The lowest BCUT2D eigenvalue weighted by Crippen LogP contribution is -2.37. The van der Waals surface area contributed by atoms with E-state index in [4.69, 9.17) is 5.11 Å². The first-order valence-electron chi connectivity index (χ1n) is 18.7. The number of aromatic nitrogens is 2. The first-order valence-corrected chi connectivity index (χ1v) is 18.7. The maximum absolute atomic E-state index is 12.9. The SMILES string of the molecule is CCCCCN(CCCCC)c1ccc(N=Nc2n(CCCN3C(=O)c4ccccc4C3=O)cc[n+]2CCCN2C(=O)c3ccccc3C2=O)cc1. The van der Waals surface area contributed by atoms with Crippen LogP contribution in [0.1, 0.15) is 107 Å². The van der Waals surface area contributed by atoms with Crippen molar-refractivity contribution in [1.82, 2.24) is 14.4 Å². The molecule has 3 heterocycles. The molecular formula is C41H48N7O4+. The van der Waals surface area contributed by atoms with Gasteiger partial charge in [0.05, 0.1) is 47.7 Å². The molecule has 0 N–H and O–H groups in total. The molecule has 0 radical (unpaired) electrons. The van der Waals surface area contributed by atoms with Gasteiger partial charge in [0.25, 0.3) is 23.6 Å². The fourth-order valence-electron chi connectivity index (χ4n) is 6.91. The molecule has 0 atom stereocenters. The monoisotopic (exact) mass is 702 g/mol. The van der Waals surface area contributed by atoms with Gasteiger partial charge < -0.3 is 4.90 Å². The third-order valence-electron chi connectivity index (χ3n) is 9.79. The highest BCUT2D eigenvalue weighted by atomic mass is 16.2. The minimum atomic E-state index is -0.269. The molecule has 0 aliphatic carbocycles. The molecule has 4 aromatic rings. The number of rotatable bonds is 19. The fraction of sp³-hybridized carbons (Fsp3) is 0.390. The Balaban J connectivity index is 1.15. The van der Waals surface area contributed by atoms with Crippen LogP contribution in [0.2, 0.25) is 0 Å². The van der Waals surface area contributed by atoms with Crippen molar-refractivity contribution in [3.05, 3.63) is 107 Å². The number of hydrogen-bond acceptors (Lipinski definition) is 7. The Bertz CT molecular complexity index is 1750. The molecule has 0 unspecified atom stereocenters. The van der Waals surface area contributed by atoms with Crippen LogP contribution in [0.25, 0.3) is 0 Å². The van der Waals surface area contributed by atoms with Crippen LogP contribution in [0.15, 0.2) is 95.4 Å². The van der Waals surface area contributed by atoms with Gasteiger partial charge in [-0.1, -0.05) is 68.9 Å². The summed E-state index contributed by atoms with van der Waals surface area (Å²) in [5, 5.41) is 9.32. The highest BCUT2D eigenvalue weighted by molar-refractivity contribution is 6.22. The predicted molar refractivity (Wildman–Crippen MR) is 199 cm³/mol. The van der Waals surface area contributed by atoms with Gasteiger partial charge >= 0.3 is 5.95 Å². The molecule has 6 rings (SSSR count). The van der Waals surface area contributed by atoms with E-state index in [0.29, 0.717) is 54.1 Å². The Hall–Kier alpha value is -5.45. The van der Waals surface area contributed by atoms with E-state index in [1.54, 1.807) is 48.5 Å². The zero-order chi connectivity index (χ0) is 36.5. The number of anilines is 1. The van der Waals surface area contributed by atoms with Crippen LogP contribution in [0.5, 0.6) is 0 Å². The summed E-state index contributed by atoms with van der Waals surface area (Å²) in [7, 11) is 0. The lowest BCUT2D eigenvalue weighted by atomic mass is 10.1. The molecule has 11 heteroatoms. The van der Waals surface area contributed by atoms with E-state index in [9.17, 15) is 19.2 Å². The lowest BCUT2D eigenvalue weighted by Gasteiger charge is -2.25. The third kappa shape index (κ3) is 8.03. The number of carbonyl (C=O) groups excluding carboxylic acids is 4. The zero-order valence-electron chi connectivity index (χ0n) is 30.2. The van der Waals surface area contributed by atoms with Crippen molar-refractivity contribution in [2.24, 2.45) is 10.2 Å². The van der Waals surface area contributed by atoms with Crippen molar-refractivity contribution < 1.29 is 23.7 Å². The Labute approximate surface area is 305 Å². The standard InChI is InChI=1S/C41H48N7O4/c1-3-5-11-23-44(24-12-6-4-2)32-21-19-31(20-22-32)42-43-41-45(25-13-27-47-37(49)33-15-7-8-16-34(33)38(47)50)29-30-46(41)26-14-28-48-39(51)35-17-9-10-18-36(35)40(48)52/h7-10,15-22,29-30H,3-6,11-14,23-28H2,1-2H3/q+1. The van der Waals surface area contributed by atoms with Gasteiger partial charge in [0.1, 0.15) is 5.69 Å². The summed E-state index contributed by atoms with van der Waals surface area (Å²) in [6, 6.07) is 22.0. The number of amides is 4. The van der Waals surface area contributed by atoms with Gasteiger partial charge in [-0.15, -0.1) is 0 Å². The van der Waals surface area contributed by atoms with Crippen LogP contribution < -0.4 is 9.47 Å². The smallest absolute Gasteiger partial charge is 0.372 e. The second-order valence-electron chi connectivity index (χ2n) is 13.4.